The number of aliphatic hydroxyl groups is 1. The van der Waals surface area contributed by atoms with Gasteiger partial charge < -0.3 is 5.11 Å². The molecule has 0 heterocycles. The summed E-state index contributed by atoms with van der Waals surface area (Å²) in [6.07, 6.45) is 2.60. The Balaban J connectivity index is 2.88. The fourth-order valence-corrected chi connectivity index (χ4v) is 1.53. The van der Waals surface area contributed by atoms with Gasteiger partial charge in [-0.3, -0.25) is 0 Å². The third kappa shape index (κ3) is 2.03. The standard InChI is InChI=1S/C6H10N6O/c7-11-9-5-3-1-2-4-6(5,13)10-12-8/h5,13H,1-4H2. The quantitative estimate of drug-likeness (QED) is 0.393. The monoisotopic (exact) mass is 182 g/mol. The molecule has 13 heavy (non-hydrogen) atoms. The second-order valence-corrected chi connectivity index (χ2v) is 3.03. The molecule has 1 aliphatic rings. The molecule has 1 N–H and O–H groups in total. The minimum Gasteiger partial charge on any atom is -0.383 e. The molecule has 0 aromatic carbocycles. The summed E-state index contributed by atoms with van der Waals surface area (Å²) in [6.45, 7) is 0. The minimum atomic E-state index is -1.51. The molecular weight excluding hydrogens is 172 g/mol. The Morgan fingerprint density at radius 1 is 1.31 bits per heavy atom. The van der Waals surface area contributed by atoms with Crippen molar-refractivity contribution in [1.82, 2.24) is 0 Å². The Labute approximate surface area is 74.6 Å². The van der Waals surface area contributed by atoms with Crippen molar-refractivity contribution in [1.29, 1.82) is 0 Å². The van der Waals surface area contributed by atoms with E-state index in [-0.39, 0.29) is 0 Å². The Kier molecular flexibility index (Phi) is 2.97. The Morgan fingerprint density at radius 3 is 2.69 bits per heavy atom. The first-order valence-electron chi connectivity index (χ1n) is 4.06. The van der Waals surface area contributed by atoms with E-state index < -0.39 is 11.8 Å². The van der Waals surface area contributed by atoms with Gasteiger partial charge in [-0.05, 0) is 23.9 Å². The molecule has 2 atom stereocenters. The summed E-state index contributed by atoms with van der Waals surface area (Å²) in [5, 5.41) is 16.5. The summed E-state index contributed by atoms with van der Waals surface area (Å²) in [5.41, 5.74) is 15.0. The number of hydrogen-bond acceptors (Lipinski definition) is 3. The molecular formula is C6H10N6O. The highest BCUT2D eigenvalue weighted by Crippen LogP contribution is 2.32. The zero-order valence-electron chi connectivity index (χ0n) is 7.04. The molecule has 7 nitrogen and oxygen atoms in total. The number of rotatable bonds is 2. The maximum absolute atomic E-state index is 9.78. The van der Waals surface area contributed by atoms with E-state index in [0.717, 1.165) is 12.8 Å². The third-order valence-corrected chi connectivity index (χ3v) is 2.21. The maximum atomic E-state index is 9.78. The SMILES string of the molecule is [N-]=[N+]=NC1CCCCC1(O)N=[N+]=[N-]. The van der Waals surface area contributed by atoms with Crippen molar-refractivity contribution in [2.24, 2.45) is 10.2 Å². The summed E-state index contributed by atoms with van der Waals surface area (Å²) in [7, 11) is 0. The van der Waals surface area contributed by atoms with Gasteiger partial charge in [-0.1, -0.05) is 23.1 Å². The predicted octanol–water partition coefficient (Wildman–Crippen LogP) is 2.24. The van der Waals surface area contributed by atoms with Crippen LogP contribution in [-0.2, 0) is 0 Å². The maximum Gasteiger partial charge on any atom is 0.152 e. The number of nitrogens with zero attached hydrogens (tertiary/aromatic N) is 6. The van der Waals surface area contributed by atoms with Crippen LogP contribution in [0.3, 0.4) is 0 Å². The fourth-order valence-electron chi connectivity index (χ4n) is 1.53. The van der Waals surface area contributed by atoms with Gasteiger partial charge in [0.25, 0.3) is 0 Å². The van der Waals surface area contributed by atoms with Gasteiger partial charge in [0.2, 0.25) is 0 Å². The molecule has 1 aliphatic carbocycles. The van der Waals surface area contributed by atoms with Crippen LogP contribution in [0, 0.1) is 0 Å². The van der Waals surface area contributed by atoms with Crippen molar-refractivity contribution in [3.63, 3.8) is 0 Å². The lowest BCUT2D eigenvalue weighted by molar-refractivity contribution is -0.00742. The molecule has 0 aromatic rings. The van der Waals surface area contributed by atoms with E-state index in [1.54, 1.807) is 0 Å². The van der Waals surface area contributed by atoms with Gasteiger partial charge in [-0.25, -0.2) is 0 Å². The largest absolute Gasteiger partial charge is 0.383 e. The first kappa shape index (κ1) is 9.67. The second-order valence-electron chi connectivity index (χ2n) is 3.03. The Hall–Kier alpha value is -1.42. The van der Waals surface area contributed by atoms with Crippen molar-refractivity contribution in [2.75, 3.05) is 0 Å². The number of hydrogen-bond donors (Lipinski definition) is 1. The number of azide groups is 2. The average Bonchev–Trinajstić information content (AvgIpc) is 2.10. The normalized spacial score (nSPS) is 32.8. The molecule has 1 fully saturated rings. The van der Waals surface area contributed by atoms with Crippen LogP contribution >= 0.6 is 0 Å². The molecule has 0 spiro atoms. The average molecular weight is 182 g/mol. The zero-order valence-corrected chi connectivity index (χ0v) is 7.04. The minimum absolute atomic E-state index is 0.362. The Morgan fingerprint density at radius 2 is 2.08 bits per heavy atom. The van der Waals surface area contributed by atoms with Crippen LogP contribution in [-0.4, -0.2) is 16.9 Å². The van der Waals surface area contributed by atoms with Crippen molar-refractivity contribution in [3.05, 3.63) is 20.9 Å². The molecule has 0 saturated heterocycles. The van der Waals surface area contributed by atoms with E-state index in [1.807, 2.05) is 0 Å². The fraction of sp³-hybridized carbons (Fsp3) is 1.00. The van der Waals surface area contributed by atoms with Gasteiger partial charge in [0.05, 0.1) is 6.04 Å². The van der Waals surface area contributed by atoms with E-state index in [1.165, 1.54) is 0 Å². The molecule has 1 rings (SSSR count). The van der Waals surface area contributed by atoms with Crippen LogP contribution < -0.4 is 0 Å². The Bertz CT molecular complexity index is 279. The molecule has 1 saturated carbocycles. The van der Waals surface area contributed by atoms with Crippen molar-refractivity contribution >= 4 is 0 Å². The highest BCUT2D eigenvalue weighted by atomic mass is 16.3. The van der Waals surface area contributed by atoms with E-state index in [4.69, 9.17) is 11.1 Å². The van der Waals surface area contributed by atoms with Gasteiger partial charge in [0.15, 0.2) is 5.72 Å². The summed E-state index contributed by atoms with van der Waals surface area (Å²) in [6, 6.07) is -0.623. The van der Waals surface area contributed by atoms with Gasteiger partial charge in [0, 0.05) is 9.82 Å². The van der Waals surface area contributed by atoms with Gasteiger partial charge in [-0.15, -0.1) is 0 Å². The predicted molar refractivity (Wildman–Crippen MR) is 45.5 cm³/mol. The smallest absolute Gasteiger partial charge is 0.152 e. The van der Waals surface area contributed by atoms with E-state index in [0.29, 0.717) is 12.8 Å². The van der Waals surface area contributed by atoms with Crippen LogP contribution in [0.15, 0.2) is 10.2 Å². The van der Waals surface area contributed by atoms with Gasteiger partial charge in [-0.2, -0.15) is 0 Å². The highest BCUT2D eigenvalue weighted by molar-refractivity contribution is 4.93. The molecule has 0 radical (unpaired) electrons. The van der Waals surface area contributed by atoms with E-state index in [2.05, 4.69) is 20.1 Å². The molecule has 7 heteroatoms. The lowest BCUT2D eigenvalue weighted by atomic mass is 9.88. The molecule has 0 amide bonds. The molecule has 0 aliphatic heterocycles. The van der Waals surface area contributed by atoms with E-state index in [9.17, 15) is 5.11 Å². The van der Waals surface area contributed by atoms with Crippen molar-refractivity contribution in [3.8, 4) is 0 Å². The summed E-state index contributed by atoms with van der Waals surface area (Å²) < 4.78 is 0. The zero-order chi connectivity index (χ0) is 9.73. The first-order valence-corrected chi connectivity index (χ1v) is 4.06. The summed E-state index contributed by atoms with van der Waals surface area (Å²) >= 11 is 0. The first-order chi connectivity index (χ1) is 6.23. The molecule has 70 valence electrons. The van der Waals surface area contributed by atoms with Crippen LogP contribution in [0.25, 0.3) is 20.9 Å². The molecule has 0 aromatic heterocycles. The van der Waals surface area contributed by atoms with E-state index >= 15 is 0 Å². The molecule has 0 bridgehead atoms. The van der Waals surface area contributed by atoms with Crippen LogP contribution in [0.1, 0.15) is 25.7 Å². The second kappa shape index (κ2) is 4.00. The third-order valence-electron chi connectivity index (χ3n) is 2.21. The topological polar surface area (TPSA) is 118 Å². The van der Waals surface area contributed by atoms with Gasteiger partial charge >= 0.3 is 0 Å². The van der Waals surface area contributed by atoms with Gasteiger partial charge in [0.1, 0.15) is 0 Å². The summed E-state index contributed by atoms with van der Waals surface area (Å²) in [5.74, 6) is 0. The van der Waals surface area contributed by atoms with Crippen molar-refractivity contribution in [2.45, 2.75) is 37.5 Å². The lowest BCUT2D eigenvalue weighted by Gasteiger charge is -2.32. The highest BCUT2D eigenvalue weighted by Gasteiger charge is 2.37. The lowest BCUT2D eigenvalue weighted by Crippen LogP contribution is -2.41. The molecule has 2 unspecified atom stereocenters. The van der Waals surface area contributed by atoms with Crippen LogP contribution in [0.5, 0.6) is 0 Å². The van der Waals surface area contributed by atoms with Crippen molar-refractivity contribution < 1.29 is 5.11 Å². The van der Waals surface area contributed by atoms with Crippen LogP contribution in [0.2, 0.25) is 0 Å². The van der Waals surface area contributed by atoms with Crippen LogP contribution in [0.4, 0.5) is 0 Å². The summed E-state index contributed by atoms with van der Waals surface area (Å²) in [4.78, 5) is 5.17.